The summed E-state index contributed by atoms with van der Waals surface area (Å²) >= 11 is 0.894. The first-order valence-electron chi connectivity index (χ1n) is 10.9. The normalized spacial score (nSPS) is 10.6. The van der Waals surface area contributed by atoms with Crippen molar-refractivity contribution in [2.45, 2.75) is 34.3 Å². The Kier molecular flexibility index (Phi) is 8.43. The number of hydrogen-bond acceptors (Lipinski definition) is 10. The van der Waals surface area contributed by atoms with Crippen LogP contribution in [0.3, 0.4) is 0 Å². The first-order chi connectivity index (χ1) is 17.2. The number of nitrogens with zero attached hydrogens (tertiary/aromatic N) is 1. The second-order valence-electron chi connectivity index (χ2n) is 7.44. The van der Waals surface area contributed by atoms with Crippen LogP contribution in [0.25, 0.3) is 0 Å². The van der Waals surface area contributed by atoms with Gasteiger partial charge in [0.05, 0.1) is 23.7 Å². The minimum Gasteiger partial charge on any atom is -0.479 e. The molecule has 1 N–H and O–H groups in total. The molecule has 0 aliphatic heterocycles. The molecule has 1 aromatic carbocycles. The van der Waals surface area contributed by atoms with Crippen LogP contribution in [0, 0.1) is 24.0 Å². The van der Waals surface area contributed by atoms with Crippen molar-refractivity contribution in [3.63, 3.8) is 0 Å². The van der Waals surface area contributed by atoms with E-state index in [9.17, 15) is 24.5 Å². The van der Waals surface area contributed by atoms with E-state index in [-0.39, 0.29) is 58.2 Å². The van der Waals surface area contributed by atoms with Crippen LogP contribution in [-0.4, -0.2) is 36.0 Å². The number of furan rings is 1. The third kappa shape index (κ3) is 5.89. The summed E-state index contributed by atoms with van der Waals surface area (Å²) in [7, 11) is 0. The molecule has 3 aromatic rings. The van der Waals surface area contributed by atoms with Gasteiger partial charge in [-0.05, 0) is 57.0 Å². The topological polar surface area (TPSA) is 147 Å². The fraction of sp³-hybridized carbons (Fsp3) is 0.292. The van der Waals surface area contributed by atoms with Crippen LogP contribution in [0.2, 0.25) is 0 Å². The minimum atomic E-state index is -0.690. The summed E-state index contributed by atoms with van der Waals surface area (Å²) in [6.45, 7) is 6.69. The van der Waals surface area contributed by atoms with E-state index in [1.54, 1.807) is 33.8 Å². The average molecular weight is 517 g/mol. The zero-order valence-electron chi connectivity index (χ0n) is 20.0. The number of hydrogen-bond donors (Lipinski definition) is 1. The lowest BCUT2D eigenvalue weighted by atomic mass is 10.1. The Hall–Kier alpha value is -4.19. The molecule has 2 aromatic heterocycles. The van der Waals surface area contributed by atoms with E-state index < -0.39 is 22.8 Å². The first kappa shape index (κ1) is 26.4. The number of carbonyl (C=O) groups is 3. The third-order valence-corrected chi connectivity index (χ3v) is 6.07. The quantitative estimate of drug-likeness (QED) is 0.222. The fourth-order valence-electron chi connectivity index (χ4n) is 3.23. The van der Waals surface area contributed by atoms with Crippen molar-refractivity contribution in [2.24, 2.45) is 0 Å². The summed E-state index contributed by atoms with van der Waals surface area (Å²) in [5, 5.41) is 14.0. The number of carbonyl (C=O) groups excluding carboxylic acids is 3. The number of ether oxygens (including phenoxy) is 3. The van der Waals surface area contributed by atoms with Gasteiger partial charge in [0.15, 0.2) is 11.5 Å². The maximum Gasteiger partial charge on any atom is 0.348 e. The van der Waals surface area contributed by atoms with E-state index in [0.29, 0.717) is 11.1 Å². The second kappa shape index (κ2) is 11.5. The van der Waals surface area contributed by atoms with Crippen molar-refractivity contribution in [2.75, 3.05) is 18.5 Å². The molecule has 0 unspecified atom stereocenters. The van der Waals surface area contributed by atoms with E-state index in [4.69, 9.17) is 18.6 Å². The summed E-state index contributed by atoms with van der Waals surface area (Å²) in [6.07, 6.45) is 0. The molecule has 0 spiro atoms. The molecule has 190 valence electrons. The van der Waals surface area contributed by atoms with Gasteiger partial charge in [0, 0.05) is 6.07 Å². The smallest absolute Gasteiger partial charge is 0.348 e. The standard InChI is InChI=1S/C24H24N2O9S/c1-5-32-23(28)19-14(4)20(24(29)33-6-2)36-22(19)25-21(27)18-10-8-15(35-18)12-34-17-9-7-13(3)11-16(17)26(30)31/h7-11H,5-6,12H2,1-4H3,(H,25,27). The first-order valence-corrected chi connectivity index (χ1v) is 11.7. The monoisotopic (exact) mass is 516 g/mol. The van der Waals surface area contributed by atoms with Gasteiger partial charge in [0.2, 0.25) is 0 Å². The zero-order chi connectivity index (χ0) is 26.4. The number of nitrogens with one attached hydrogen (secondary N) is 1. The molecule has 0 atom stereocenters. The minimum absolute atomic E-state index is 0.0556. The number of aryl methyl sites for hydroxylation is 1. The van der Waals surface area contributed by atoms with Gasteiger partial charge in [0.25, 0.3) is 5.91 Å². The number of esters is 2. The van der Waals surface area contributed by atoms with Crippen LogP contribution in [-0.2, 0) is 16.1 Å². The zero-order valence-corrected chi connectivity index (χ0v) is 20.9. The highest BCUT2D eigenvalue weighted by atomic mass is 32.1. The van der Waals surface area contributed by atoms with Gasteiger partial charge < -0.3 is 23.9 Å². The van der Waals surface area contributed by atoms with Crippen LogP contribution in [0.4, 0.5) is 10.7 Å². The van der Waals surface area contributed by atoms with E-state index in [0.717, 1.165) is 11.3 Å². The van der Waals surface area contributed by atoms with E-state index >= 15 is 0 Å². The van der Waals surface area contributed by atoms with Crippen LogP contribution in [0.15, 0.2) is 34.7 Å². The highest BCUT2D eigenvalue weighted by Crippen LogP contribution is 2.35. The Morgan fingerprint density at radius 2 is 1.75 bits per heavy atom. The fourth-order valence-corrected chi connectivity index (χ4v) is 4.31. The Morgan fingerprint density at radius 3 is 2.42 bits per heavy atom. The Balaban J connectivity index is 1.78. The van der Waals surface area contributed by atoms with Crippen LogP contribution < -0.4 is 10.1 Å². The lowest BCUT2D eigenvalue weighted by Crippen LogP contribution is -2.14. The van der Waals surface area contributed by atoms with Gasteiger partial charge in [-0.1, -0.05) is 6.07 Å². The molecule has 0 bridgehead atoms. The van der Waals surface area contributed by atoms with E-state index in [1.165, 1.54) is 24.3 Å². The number of benzene rings is 1. The molecule has 12 heteroatoms. The van der Waals surface area contributed by atoms with E-state index in [2.05, 4.69) is 5.32 Å². The summed E-state index contributed by atoms with van der Waals surface area (Å²) < 4.78 is 21.2. The lowest BCUT2D eigenvalue weighted by molar-refractivity contribution is -0.386. The molecule has 0 saturated carbocycles. The Labute approximate surface area is 210 Å². The molecule has 11 nitrogen and oxygen atoms in total. The van der Waals surface area contributed by atoms with Gasteiger partial charge in [-0.2, -0.15) is 0 Å². The van der Waals surface area contributed by atoms with E-state index in [1.807, 2.05) is 0 Å². The van der Waals surface area contributed by atoms with Gasteiger partial charge in [-0.15, -0.1) is 11.3 Å². The molecule has 0 saturated heterocycles. The summed E-state index contributed by atoms with van der Waals surface area (Å²) in [5.74, 6) is -1.77. The highest BCUT2D eigenvalue weighted by Gasteiger charge is 2.28. The molecule has 3 rings (SSSR count). The largest absolute Gasteiger partial charge is 0.479 e. The van der Waals surface area contributed by atoms with Crippen molar-refractivity contribution in [3.05, 3.63) is 73.5 Å². The second-order valence-corrected chi connectivity index (χ2v) is 8.46. The molecule has 0 aliphatic carbocycles. The van der Waals surface area contributed by atoms with Gasteiger partial charge in [-0.25, -0.2) is 9.59 Å². The highest BCUT2D eigenvalue weighted by molar-refractivity contribution is 7.18. The Morgan fingerprint density at radius 1 is 1.06 bits per heavy atom. The molecular formula is C24H24N2O9S. The molecule has 0 radical (unpaired) electrons. The number of anilines is 1. The summed E-state index contributed by atoms with van der Waals surface area (Å²) in [4.78, 5) is 48.5. The molecular weight excluding hydrogens is 492 g/mol. The average Bonchev–Trinajstić information content (AvgIpc) is 3.43. The predicted octanol–water partition coefficient (Wildman–Crippen LogP) is 5.05. The molecule has 2 heterocycles. The molecule has 0 aliphatic rings. The van der Waals surface area contributed by atoms with Crippen molar-refractivity contribution >= 4 is 39.9 Å². The van der Waals surface area contributed by atoms with Gasteiger partial charge >= 0.3 is 17.6 Å². The molecule has 0 fully saturated rings. The molecule has 36 heavy (non-hydrogen) atoms. The van der Waals surface area contributed by atoms with Crippen LogP contribution in [0.1, 0.15) is 61.3 Å². The van der Waals surface area contributed by atoms with Gasteiger partial charge in [-0.3, -0.25) is 14.9 Å². The van der Waals surface area contributed by atoms with Crippen molar-refractivity contribution in [3.8, 4) is 5.75 Å². The maximum absolute atomic E-state index is 12.8. The maximum atomic E-state index is 12.8. The summed E-state index contributed by atoms with van der Waals surface area (Å²) in [6, 6.07) is 7.45. The SMILES string of the molecule is CCOC(=O)c1sc(NC(=O)c2ccc(COc3ccc(C)cc3[N+](=O)[O-])o2)c(C(=O)OCC)c1C. The number of amides is 1. The number of thiophene rings is 1. The van der Waals surface area contributed by atoms with Gasteiger partial charge in [0.1, 0.15) is 22.2 Å². The predicted molar refractivity (Wildman–Crippen MR) is 130 cm³/mol. The number of nitro benzene ring substituents is 1. The van der Waals surface area contributed by atoms with Crippen molar-refractivity contribution in [1.29, 1.82) is 0 Å². The Bertz CT molecular complexity index is 1310. The summed E-state index contributed by atoms with van der Waals surface area (Å²) in [5.41, 5.74) is 0.917. The number of rotatable bonds is 10. The van der Waals surface area contributed by atoms with Crippen LogP contribution >= 0.6 is 11.3 Å². The third-order valence-electron chi connectivity index (χ3n) is 4.88. The lowest BCUT2D eigenvalue weighted by Gasteiger charge is -2.07. The van der Waals surface area contributed by atoms with Crippen molar-refractivity contribution in [1.82, 2.24) is 0 Å². The molecule has 1 amide bonds. The number of nitro groups is 1. The van der Waals surface area contributed by atoms with Crippen molar-refractivity contribution < 1.29 is 37.9 Å². The van der Waals surface area contributed by atoms with Crippen LogP contribution in [0.5, 0.6) is 5.75 Å².